The van der Waals surface area contributed by atoms with Crippen LogP contribution < -0.4 is 0 Å². The Kier molecular flexibility index (Phi) is 4.71. The van der Waals surface area contributed by atoms with Crippen LogP contribution in [0.3, 0.4) is 0 Å². The van der Waals surface area contributed by atoms with Gasteiger partial charge in [-0.05, 0) is 37.8 Å². The number of aromatic nitrogens is 3. The SMILES string of the molecule is CCCC(=O)[C@H]1CC[C@@H](n2cnnc2-c2ccc(Br)cc2)C1. The van der Waals surface area contributed by atoms with Crippen LogP contribution in [0.25, 0.3) is 11.4 Å². The molecule has 0 N–H and O–H groups in total. The lowest BCUT2D eigenvalue weighted by Gasteiger charge is -2.14. The third-order valence-electron chi connectivity index (χ3n) is 4.43. The van der Waals surface area contributed by atoms with Crippen molar-refractivity contribution >= 4 is 21.7 Å². The molecule has 1 heterocycles. The summed E-state index contributed by atoms with van der Waals surface area (Å²) in [5.74, 6) is 1.52. The second kappa shape index (κ2) is 6.73. The van der Waals surface area contributed by atoms with Gasteiger partial charge in [0.25, 0.3) is 0 Å². The van der Waals surface area contributed by atoms with Gasteiger partial charge in [-0.15, -0.1) is 10.2 Å². The minimum atomic E-state index is 0.213. The number of benzene rings is 1. The van der Waals surface area contributed by atoms with E-state index in [0.717, 1.165) is 41.5 Å². The van der Waals surface area contributed by atoms with Crippen molar-refractivity contribution in [2.75, 3.05) is 0 Å². The van der Waals surface area contributed by atoms with Crippen molar-refractivity contribution in [2.45, 2.75) is 45.1 Å². The van der Waals surface area contributed by atoms with E-state index in [9.17, 15) is 4.79 Å². The van der Waals surface area contributed by atoms with E-state index in [4.69, 9.17) is 0 Å². The van der Waals surface area contributed by atoms with Crippen molar-refractivity contribution in [3.05, 3.63) is 35.1 Å². The Balaban J connectivity index is 1.78. The Morgan fingerprint density at radius 3 is 2.82 bits per heavy atom. The van der Waals surface area contributed by atoms with Crippen LogP contribution in [-0.4, -0.2) is 20.5 Å². The van der Waals surface area contributed by atoms with Crippen LogP contribution in [0.1, 0.15) is 45.1 Å². The fourth-order valence-electron chi connectivity index (χ4n) is 3.27. The average Bonchev–Trinajstić information content (AvgIpc) is 3.17. The molecule has 1 aliphatic carbocycles. The van der Waals surface area contributed by atoms with E-state index in [0.29, 0.717) is 18.2 Å². The van der Waals surface area contributed by atoms with Gasteiger partial charge in [0, 0.05) is 28.4 Å². The molecule has 2 aromatic rings. The summed E-state index contributed by atoms with van der Waals surface area (Å²) in [6, 6.07) is 8.44. The summed E-state index contributed by atoms with van der Waals surface area (Å²) in [5.41, 5.74) is 1.06. The fraction of sp³-hybridized carbons (Fsp3) is 0.471. The molecule has 1 saturated carbocycles. The third kappa shape index (κ3) is 3.14. The van der Waals surface area contributed by atoms with Crippen molar-refractivity contribution in [2.24, 2.45) is 5.92 Å². The highest BCUT2D eigenvalue weighted by molar-refractivity contribution is 9.10. The molecule has 116 valence electrons. The van der Waals surface area contributed by atoms with Gasteiger partial charge < -0.3 is 4.57 Å². The predicted octanol–water partition coefficient (Wildman–Crippen LogP) is 4.42. The Hall–Kier alpha value is -1.49. The smallest absolute Gasteiger partial charge is 0.164 e. The first-order chi connectivity index (χ1) is 10.7. The van der Waals surface area contributed by atoms with Crippen LogP contribution in [0.15, 0.2) is 35.1 Å². The fourth-order valence-corrected chi connectivity index (χ4v) is 3.53. The zero-order chi connectivity index (χ0) is 15.5. The van der Waals surface area contributed by atoms with Gasteiger partial charge in [-0.3, -0.25) is 4.79 Å². The molecule has 1 fully saturated rings. The number of ketones is 1. The van der Waals surface area contributed by atoms with Crippen LogP contribution in [0.2, 0.25) is 0 Å². The molecule has 0 unspecified atom stereocenters. The number of carbonyl (C=O) groups excluding carboxylic acids is 1. The molecule has 1 aliphatic rings. The molecule has 0 saturated heterocycles. The topological polar surface area (TPSA) is 47.8 Å². The van der Waals surface area contributed by atoms with E-state index in [-0.39, 0.29) is 5.92 Å². The Morgan fingerprint density at radius 1 is 1.32 bits per heavy atom. The van der Waals surface area contributed by atoms with Gasteiger partial charge >= 0.3 is 0 Å². The van der Waals surface area contributed by atoms with Crippen molar-refractivity contribution in [1.29, 1.82) is 0 Å². The summed E-state index contributed by atoms with van der Waals surface area (Å²) in [4.78, 5) is 12.1. The van der Waals surface area contributed by atoms with Crippen LogP contribution in [0.5, 0.6) is 0 Å². The maximum atomic E-state index is 12.1. The Labute approximate surface area is 139 Å². The normalized spacial score (nSPS) is 21.2. The first-order valence-electron chi connectivity index (χ1n) is 7.87. The van der Waals surface area contributed by atoms with Crippen molar-refractivity contribution < 1.29 is 4.79 Å². The summed E-state index contributed by atoms with van der Waals surface area (Å²) in [6.07, 6.45) is 6.38. The molecule has 22 heavy (non-hydrogen) atoms. The minimum Gasteiger partial charge on any atom is -0.310 e. The summed E-state index contributed by atoms with van der Waals surface area (Å²) < 4.78 is 3.19. The highest BCUT2D eigenvalue weighted by Crippen LogP contribution is 2.37. The highest BCUT2D eigenvalue weighted by Gasteiger charge is 2.31. The zero-order valence-corrected chi connectivity index (χ0v) is 14.3. The second-order valence-electron chi connectivity index (χ2n) is 5.95. The summed E-state index contributed by atoms with van der Waals surface area (Å²) in [5, 5.41) is 8.37. The number of hydrogen-bond acceptors (Lipinski definition) is 3. The van der Waals surface area contributed by atoms with Gasteiger partial charge in [0.2, 0.25) is 0 Å². The molecule has 0 radical (unpaired) electrons. The van der Waals surface area contributed by atoms with Crippen molar-refractivity contribution in [3.63, 3.8) is 0 Å². The molecule has 2 atom stereocenters. The molecule has 0 amide bonds. The molecule has 5 heteroatoms. The van der Waals surface area contributed by atoms with Crippen molar-refractivity contribution in [1.82, 2.24) is 14.8 Å². The van der Waals surface area contributed by atoms with Gasteiger partial charge in [-0.2, -0.15) is 0 Å². The number of carbonyl (C=O) groups is 1. The monoisotopic (exact) mass is 361 g/mol. The van der Waals surface area contributed by atoms with Gasteiger partial charge in [0.05, 0.1) is 0 Å². The predicted molar refractivity (Wildman–Crippen MR) is 89.5 cm³/mol. The second-order valence-corrected chi connectivity index (χ2v) is 6.86. The molecule has 4 nitrogen and oxygen atoms in total. The molecule has 1 aromatic carbocycles. The summed E-state index contributed by atoms with van der Waals surface area (Å²) in [6.45, 7) is 2.07. The molecular weight excluding hydrogens is 342 g/mol. The van der Waals surface area contributed by atoms with E-state index in [2.05, 4.69) is 37.6 Å². The lowest BCUT2D eigenvalue weighted by atomic mass is 9.99. The Bertz CT molecular complexity index is 650. The maximum absolute atomic E-state index is 12.1. The molecule has 0 bridgehead atoms. The van der Waals surface area contributed by atoms with E-state index in [1.165, 1.54) is 0 Å². The quantitative estimate of drug-likeness (QED) is 0.791. The number of nitrogens with zero attached hydrogens (tertiary/aromatic N) is 3. The lowest BCUT2D eigenvalue weighted by Crippen LogP contribution is -2.12. The van der Waals surface area contributed by atoms with Crippen LogP contribution in [0, 0.1) is 5.92 Å². The van der Waals surface area contributed by atoms with E-state index in [1.807, 2.05) is 24.3 Å². The van der Waals surface area contributed by atoms with Gasteiger partial charge in [-0.25, -0.2) is 0 Å². The first kappa shape index (κ1) is 15.4. The largest absolute Gasteiger partial charge is 0.310 e. The van der Waals surface area contributed by atoms with Crippen LogP contribution in [0.4, 0.5) is 0 Å². The van der Waals surface area contributed by atoms with Crippen molar-refractivity contribution in [3.8, 4) is 11.4 Å². The van der Waals surface area contributed by atoms with E-state index >= 15 is 0 Å². The summed E-state index contributed by atoms with van der Waals surface area (Å²) >= 11 is 3.45. The number of rotatable bonds is 5. The van der Waals surface area contributed by atoms with Gasteiger partial charge in [0.15, 0.2) is 5.82 Å². The van der Waals surface area contributed by atoms with Gasteiger partial charge in [0.1, 0.15) is 12.1 Å². The average molecular weight is 362 g/mol. The zero-order valence-electron chi connectivity index (χ0n) is 12.7. The third-order valence-corrected chi connectivity index (χ3v) is 4.95. The molecule has 3 rings (SSSR count). The maximum Gasteiger partial charge on any atom is 0.164 e. The lowest BCUT2D eigenvalue weighted by molar-refractivity contribution is -0.122. The molecule has 1 aromatic heterocycles. The number of hydrogen-bond donors (Lipinski definition) is 0. The molecular formula is C17H20BrN3O. The van der Waals surface area contributed by atoms with E-state index in [1.54, 1.807) is 6.33 Å². The van der Waals surface area contributed by atoms with E-state index < -0.39 is 0 Å². The number of halogens is 1. The van der Waals surface area contributed by atoms with Gasteiger partial charge in [-0.1, -0.05) is 35.0 Å². The Morgan fingerprint density at radius 2 is 2.09 bits per heavy atom. The molecule has 0 spiro atoms. The summed E-state index contributed by atoms with van der Waals surface area (Å²) in [7, 11) is 0. The first-order valence-corrected chi connectivity index (χ1v) is 8.66. The highest BCUT2D eigenvalue weighted by atomic mass is 79.9. The van der Waals surface area contributed by atoms with Crippen LogP contribution in [-0.2, 0) is 4.79 Å². The molecule has 0 aliphatic heterocycles. The standard InChI is InChI=1S/C17H20BrN3O/c1-2-3-16(22)13-6-9-15(10-13)21-11-19-20-17(21)12-4-7-14(18)8-5-12/h4-5,7-8,11,13,15H,2-3,6,9-10H2,1H3/t13-,15+/m0/s1. The number of Topliss-reactive ketones (excluding diaryl/α,β-unsaturated/α-hetero) is 1. The minimum absolute atomic E-state index is 0.213. The van der Waals surface area contributed by atoms with Crippen LogP contribution >= 0.6 is 15.9 Å².